The fourth-order valence-corrected chi connectivity index (χ4v) is 0.813. The van der Waals surface area contributed by atoms with Crippen molar-refractivity contribution in [1.29, 1.82) is 0 Å². The molecule has 74 valence electrons. The molecule has 0 rings (SSSR count). The molecule has 0 aromatic heterocycles. The molecule has 0 aliphatic heterocycles. The second-order valence-electron chi connectivity index (χ2n) is 2.45. The zero-order valence-corrected chi connectivity index (χ0v) is 7.82. The van der Waals surface area contributed by atoms with Gasteiger partial charge in [-0.2, -0.15) is 0 Å². The van der Waals surface area contributed by atoms with E-state index >= 15 is 0 Å². The Labute approximate surface area is 77.2 Å². The monoisotopic (exact) mass is 186 g/mol. The van der Waals surface area contributed by atoms with Crippen LogP contribution in [0.5, 0.6) is 0 Å². The predicted octanol–water partition coefficient (Wildman–Crippen LogP) is 1.22. The molecule has 13 heavy (non-hydrogen) atoms. The lowest BCUT2D eigenvalue weighted by atomic mass is 10.1. The Morgan fingerprint density at radius 3 is 2.54 bits per heavy atom. The van der Waals surface area contributed by atoms with Gasteiger partial charge in [0.25, 0.3) is 0 Å². The maximum atomic E-state index is 11.1. The smallest absolute Gasteiger partial charge is 0.320 e. The molecule has 1 N–H and O–H groups in total. The third kappa shape index (κ3) is 4.30. The number of hydrogen-bond donors (Lipinski definition) is 1. The lowest BCUT2D eigenvalue weighted by Crippen LogP contribution is -2.25. The van der Waals surface area contributed by atoms with E-state index in [2.05, 4.69) is 4.74 Å². The molecule has 0 bridgehead atoms. The van der Waals surface area contributed by atoms with Gasteiger partial charge in [-0.05, 0) is 20.3 Å². The van der Waals surface area contributed by atoms with Gasteiger partial charge in [-0.15, -0.1) is 0 Å². The van der Waals surface area contributed by atoms with Crippen LogP contribution in [0.4, 0.5) is 0 Å². The Balaban J connectivity index is 4.23. The number of hydrogen-bond acceptors (Lipinski definition) is 3. The van der Waals surface area contributed by atoms with Crippen LogP contribution in [0, 0.1) is 5.92 Å². The zero-order valence-electron chi connectivity index (χ0n) is 7.82. The van der Waals surface area contributed by atoms with Gasteiger partial charge in [-0.1, -0.05) is 12.2 Å². The third-order valence-electron chi connectivity index (χ3n) is 1.48. The maximum absolute atomic E-state index is 11.1. The van der Waals surface area contributed by atoms with Crippen molar-refractivity contribution in [3.05, 3.63) is 12.2 Å². The summed E-state index contributed by atoms with van der Waals surface area (Å²) in [7, 11) is 0. The summed E-state index contributed by atoms with van der Waals surface area (Å²) in [5, 5.41) is 8.66. The first-order chi connectivity index (χ1) is 6.13. The van der Waals surface area contributed by atoms with Crippen molar-refractivity contribution >= 4 is 11.9 Å². The van der Waals surface area contributed by atoms with Crippen LogP contribution in [0.25, 0.3) is 0 Å². The van der Waals surface area contributed by atoms with Crippen molar-refractivity contribution in [2.75, 3.05) is 6.61 Å². The van der Waals surface area contributed by atoms with Gasteiger partial charge in [0, 0.05) is 0 Å². The van der Waals surface area contributed by atoms with Gasteiger partial charge >= 0.3 is 11.9 Å². The summed E-state index contributed by atoms with van der Waals surface area (Å²) in [6.45, 7) is 3.62. The highest BCUT2D eigenvalue weighted by atomic mass is 16.5. The first-order valence-corrected chi connectivity index (χ1v) is 4.14. The molecule has 0 spiro atoms. The number of rotatable bonds is 5. The van der Waals surface area contributed by atoms with Gasteiger partial charge in [-0.25, -0.2) is 0 Å². The topological polar surface area (TPSA) is 63.6 Å². The van der Waals surface area contributed by atoms with E-state index in [1.54, 1.807) is 26.0 Å². The normalized spacial score (nSPS) is 12.8. The van der Waals surface area contributed by atoms with Crippen LogP contribution in [0.1, 0.15) is 20.3 Å². The summed E-state index contributed by atoms with van der Waals surface area (Å²) in [5.41, 5.74) is 0. The van der Waals surface area contributed by atoms with E-state index in [1.807, 2.05) is 0 Å². The Kier molecular flexibility index (Phi) is 5.59. The van der Waals surface area contributed by atoms with Crippen molar-refractivity contribution in [3.8, 4) is 0 Å². The highest BCUT2D eigenvalue weighted by molar-refractivity contribution is 5.94. The molecule has 0 aliphatic rings. The lowest BCUT2D eigenvalue weighted by molar-refractivity contribution is -0.158. The van der Waals surface area contributed by atoms with Gasteiger partial charge in [0.15, 0.2) is 5.92 Å². The quantitative estimate of drug-likeness (QED) is 0.398. The van der Waals surface area contributed by atoms with Crippen LogP contribution >= 0.6 is 0 Å². The Morgan fingerprint density at radius 2 is 2.15 bits per heavy atom. The van der Waals surface area contributed by atoms with Crippen molar-refractivity contribution < 1.29 is 19.4 Å². The summed E-state index contributed by atoms with van der Waals surface area (Å²) in [4.78, 5) is 21.6. The standard InChI is InChI=1S/C9H14O4/c1-3-5-6-7(8(10)11)9(12)13-4-2/h3,5,7H,4,6H2,1-2H3,(H,10,11)/b5-3-/t7-/m1/s1. The van der Waals surface area contributed by atoms with Gasteiger partial charge in [0.1, 0.15) is 0 Å². The molecule has 0 radical (unpaired) electrons. The second kappa shape index (κ2) is 6.22. The highest BCUT2D eigenvalue weighted by Crippen LogP contribution is 2.07. The summed E-state index contributed by atoms with van der Waals surface area (Å²) >= 11 is 0. The number of carboxylic acid groups (broad SMARTS) is 1. The molecule has 4 heteroatoms. The van der Waals surface area contributed by atoms with Crippen LogP contribution in [-0.4, -0.2) is 23.7 Å². The number of ether oxygens (including phenoxy) is 1. The molecule has 0 saturated carbocycles. The van der Waals surface area contributed by atoms with E-state index in [-0.39, 0.29) is 13.0 Å². The fraction of sp³-hybridized carbons (Fsp3) is 0.556. The molecule has 0 saturated heterocycles. The van der Waals surface area contributed by atoms with E-state index in [1.165, 1.54) is 0 Å². The molecule has 0 unspecified atom stereocenters. The van der Waals surface area contributed by atoms with E-state index < -0.39 is 17.9 Å². The minimum Gasteiger partial charge on any atom is -0.481 e. The first kappa shape index (κ1) is 11.7. The maximum Gasteiger partial charge on any atom is 0.320 e. The predicted molar refractivity (Wildman–Crippen MR) is 47.2 cm³/mol. The van der Waals surface area contributed by atoms with E-state index in [9.17, 15) is 9.59 Å². The van der Waals surface area contributed by atoms with Crippen LogP contribution in [0.2, 0.25) is 0 Å². The largest absolute Gasteiger partial charge is 0.481 e. The average Bonchev–Trinajstić information content (AvgIpc) is 2.05. The van der Waals surface area contributed by atoms with Gasteiger partial charge in [0.2, 0.25) is 0 Å². The van der Waals surface area contributed by atoms with Crippen LogP contribution in [0.3, 0.4) is 0 Å². The van der Waals surface area contributed by atoms with E-state index in [4.69, 9.17) is 5.11 Å². The molecular weight excluding hydrogens is 172 g/mol. The minimum absolute atomic E-state index is 0.185. The van der Waals surface area contributed by atoms with Crippen molar-refractivity contribution in [3.63, 3.8) is 0 Å². The number of esters is 1. The summed E-state index contributed by atoms with van der Waals surface area (Å²) in [6, 6.07) is 0. The van der Waals surface area contributed by atoms with Crippen molar-refractivity contribution in [2.24, 2.45) is 5.92 Å². The fourth-order valence-electron chi connectivity index (χ4n) is 0.813. The number of carboxylic acids is 1. The van der Waals surface area contributed by atoms with Crippen LogP contribution in [-0.2, 0) is 14.3 Å². The number of aliphatic carboxylic acids is 1. The van der Waals surface area contributed by atoms with E-state index in [0.717, 1.165) is 0 Å². The minimum atomic E-state index is -1.14. The first-order valence-electron chi connectivity index (χ1n) is 4.14. The Hall–Kier alpha value is -1.32. The molecular formula is C9H14O4. The number of carbonyl (C=O) groups excluding carboxylic acids is 1. The van der Waals surface area contributed by atoms with Crippen LogP contribution in [0.15, 0.2) is 12.2 Å². The Morgan fingerprint density at radius 1 is 1.54 bits per heavy atom. The number of carbonyl (C=O) groups is 2. The molecule has 1 atom stereocenters. The molecule has 4 nitrogen and oxygen atoms in total. The SMILES string of the molecule is C/C=C\C[C@H](C(=O)O)C(=O)OCC. The van der Waals surface area contributed by atoms with Crippen LogP contribution < -0.4 is 0 Å². The molecule has 0 aliphatic carbocycles. The van der Waals surface area contributed by atoms with Gasteiger partial charge in [-0.3, -0.25) is 9.59 Å². The number of allylic oxidation sites excluding steroid dienone is 2. The van der Waals surface area contributed by atoms with Crippen molar-refractivity contribution in [1.82, 2.24) is 0 Å². The van der Waals surface area contributed by atoms with E-state index in [0.29, 0.717) is 0 Å². The Bertz CT molecular complexity index is 208. The zero-order chi connectivity index (χ0) is 10.3. The molecule has 0 fully saturated rings. The summed E-state index contributed by atoms with van der Waals surface area (Å²) in [6.07, 6.45) is 3.52. The highest BCUT2D eigenvalue weighted by Gasteiger charge is 2.25. The average molecular weight is 186 g/mol. The summed E-state index contributed by atoms with van der Waals surface area (Å²) < 4.78 is 4.61. The molecule has 0 aromatic carbocycles. The van der Waals surface area contributed by atoms with Gasteiger partial charge < -0.3 is 9.84 Å². The lowest BCUT2D eigenvalue weighted by Gasteiger charge is -2.08. The second-order valence-corrected chi connectivity index (χ2v) is 2.45. The molecule has 0 aromatic rings. The van der Waals surface area contributed by atoms with Gasteiger partial charge in [0.05, 0.1) is 6.61 Å². The molecule has 0 heterocycles. The summed E-state index contributed by atoms with van der Waals surface area (Å²) in [5.74, 6) is -2.89. The molecule has 0 amide bonds. The van der Waals surface area contributed by atoms with Crippen molar-refractivity contribution in [2.45, 2.75) is 20.3 Å². The third-order valence-corrected chi connectivity index (χ3v) is 1.48.